The molecular formula is C22H23BrN2O6. The lowest BCUT2D eigenvalue weighted by Crippen LogP contribution is -2.57. The van der Waals surface area contributed by atoms with E-state index in [1.165, 1.54) is 12.0 Å². The molecule has 1 N–H and O–H groups in total. The Labute approximate surface area is 188 Å². The van der Waals surface area contributed by atoms with Gasteiger partial charge >= 0.3 is 5.97 Å². The van der Waals surface area contributed by atoms with Crippen LogP contribution in [0.5, 0.6) is 11.5 Å². The Kier molecular flexibility index (Phi) is 7.88. The Bertz CT molecular complexity index is 937. The molecule has 0 aromatic heterocycles. The normalized spacial score (nSPS) is 15.7. The van der Waals surface area contributed by atoms with Crippen LogP contribution >= 0.6 is 15.9 Å². The van der Waals surface area contributed by atoms with Gasteiger partial charge in [0.15, 0.2) is 0 Å². The van der Waals surface area contributed by atoms with Crippen molar-refractivity contribution in [1.29, 1.82) is 0 Å². The molecule has 2 amide bonds. The molecule has 1 fully saturated rings. The van der Waals surface area contributed by atoms with Gasteiger partial charge in [0.25, 0.3) is 5.91 Å². The minimum atomic E-state index is -0.965. The Hall–Kier alpha value is -3.07. The molecular weight excluding hydrogens is 468 g/mol. The zero-order valence-electron chi connectivity index (χ0n) is 17.0. The molecule has 31 heavy (non-hydrogen) atoms. The lowest BCUT2D eigenvalue weighted by molar-refractivity contribution is -0.148. The van der Waals surface area contributed by atoms with Crippen molar-refractivity contribution in [2.75, 3.05) is 33.4 Å². The predicted molar refractivity (Wildman–Crippen MR) is 116 cm³/mol. The van der Waals surface area contributed by atoms with Crippen LogP contribution < -0.4 is 14.8 Å². The fraction of sp³-hybridized carbons (Fsp3) is 0.318. The van der Waals surface area contributed by atoms with Gasteiger partial charge in [-0.2, -0.15) is 0 Å². The lowest BCUT2D eigenvalue weighted by Gasteiger charge is -2.34. The largest absolute Gasteiger partial charge is 0.496 e. The molecule has 8 nitrogen and oxygen atoms in total. The maximum atomic E-state index is 13.2. The molecule has 1 heterocycles. The summed E-state index contributed by atoms with van der Waals surface area (Å²) in [4.78, 5) is 39.3. The second kappa shape index (κ2) is 10.8. The fourth-order valence-corrected chi connectivity index (χ4v) is 3.57. The van der Waals surface area contributed by atoms with Gasteiger partial charge < -0.3 is 24.4 Å². The van der Waals surface area contributed by atoms with Gasteiger partial charge in [-0.25, -0.2) is 0 Å². The SMILES string of the molecule is COc1ccc(Br)cc1C(=O)N1CCNC(=O)C1CC(=O)OCCOc1ccccc1. The molecule has 0 spiro atoms. The number of amides is 2. The van der Waals surface area contributed by atoms with E-state index in [2.05, 4.69) is 21.2 Å². The van der Waals surface area contributed by atoms with Crippen molar-refractivity contribution in [2.45, 2.75) is 12.5 Å². The number of benzene rings is 2. The Morgan fingerprint density at radius 1 is 1.16 bits per heavy atom. The van der Waals surface area contributed by atoms with Crippen LogP contribution in [0.25, 0.3) is 0 Å². The number of piperazine rings is 1. The van der Waals surface area contributed by atoms with Crippen LogP contribution in [0.15, 0.2) is 53.0 Å². The summed E-state index contributed by atoms with van der Waals surface area (Å²) in [6.07, 6.45) is -0.251. The molecule has 0 saturated carbocycles. The van der Waals surface area contributed by atoms with Crippen LogP contribution in [0.4, 0.5) is 0 Å². The minimum absolute atomic E-state index is 0.0372. The van der Waals surface area contributed by atoms with Gasteiger partial charge in [-0.15, -0.1) is 0 Å². The lowest BCUT2D eigenvalue weighted by atomic mass is 10.1. The smallest absolute Gasteiger partial charge is 0.308 e. The topological polar surface area (TPSA) is 94.2 Å². The number of methoxy groups -OCH3 is 1. The Morgan fingerprint density at radius 2 is 1.94 bits per heavy atom. The molecule has 1 atom stereocenters. The van der Waals surface area contributed by atoms with Crippen molar-refractivity contribution in [3.63, 3.8) is 0 Å². The highest BCUT2D eigenvalue weighted by atomic mass is 79.9. The predicted octanol–water partition coefficient (Wildman–Crippen LogP) is 2.41. The highest BCUT2D eigenvalue weighted by molar-refractivity contribution is 9.10. The molecule has 164 valence electrons. The highest BCUT2D eigenvalue weighted by Crippen LogP contribution is 2.26. The number of halogens is 1. The van der Waals surface area contributed by atoms with Crippen molar-refractivity contribution in [3.05, 3.63) is 58.6 Å². The molecule has 2 aromatic rings. The van der Waals surface area contributed by atoms with E-state index in [0.29, 0.717) is 28.1 Å². The van der Waals surface area contributed by atoms with Crippen LogP contribution in [0.1, 0.15) is 16.8 Å². The third-order valence-electron chi connectivity index (χ3n) is 4.70. The molecule has 3 rings (SSSR count). The van der Waals surface area contributed by atoms with Crippen LogP contribution in [-0.4, -0.2) is 62.1 Å². The van der Waals surface area contributed by atoms with Gasteiger partial charge in [0, 0.05) is 17.6 Å². The second-order valence-electron chi connectivity index (χ2n) is 6.74. The average molecular weight is 491 g/mol. The highest BCUT2D eigenvalue weighted by Gasteiger charge is 2.36. The van der Waals surface area contributed by atoms with E-state index in [1.807, 2.05) is 18.2 Å². The first-order valence-electron chi connectivity index (χ1n) is 9.75. The van der Waals surface area contributed by atoms with Gasteiger partial charge in [0.05, 0.1) is 19.1 Å². The fourth-order valence-electron chi connectivity index (χ4n) is 3.21. The summed E-state index contributed by atoms with van der Waals surface area (Å²) in [5.41, 5.74) is 0.307. The molecule has 1 saturated heterocycles. The molecule has 0 bridgehead atoms. The first-order valence-corrected chi connectivity index (χ1v) is 10.5. The first kappa shape index (κ1) is 22.6. The van der Waals surface area contributed by atoms with Crippen molar-refractivity contribution in [3.8, 4) is 11.5 Å². The number of hydrogen-bond donors (Lipinski definition) is 1. The average Bonchev–Trinajstić information content (AvgIpc) is 2.78. The van der Waals surface area contributed by atoms with E-state index >= 15 is 0 Å². The number of carbonyl (C=O) groups excluding carboxylic acids is 3. The van der Waals surface area contributed by atoms with Gasteiger partial charge in [-0.1, -0.05) is 34.1 Å². The number of nitrogens with zero attached hydrogens (tertiary/aromatic N) is 1. The molecule has 9 heteroatoms. The number of ether oxygens (including phenoxy) is 3. The van der Waals surface area contributed by atoms with E-state index in [4.69, 9.17) is 14.2 Å². The summed E-state index contributed by atoms with van der Waals surface area (Å²) >= 11 is 3.35. The minimum Gasteiger partial charge on any atom is -0.496 e. The molecule has 1 aliphatic heterocycles. The monoisotopic (exact) mass is 490 g/mol. The van der Waals surface area contributed by atoms with Crippen molar-refractivity contribution < 1.29 is 28.6 Å². The molecule has 1 unspecified atom stereocenters. The van der Waals surface area contributed by atoms with E-state index in [-0.39, 0.29) is 26.2 Å². The molecule has 1 aliphatic rings. The zero-order valence-corrected chi connectivity index (χ0v) is 18.6. The Balaban J connectivity index is 1.61. The van der Waals surface area contributed by atoms with Gasteiger partial charge in [-0.05, 0) is 30.3 Å². The first-order chi connectivity index (χ1) is 15.0. The van der Waals surface area contributed by atoms with Crippen LogP contribution in [0.2, 0.25) is 0 Å². The quantitative estimate of drug-likeness (QED) is 0.451. The third-order valence-corrected chi connectivity index (χ3v) is 5.20. The van der Waals surface area contributed by atoms with Crippen LogP contribution in [0, 0.1) is 0 Å². The van der Waals surface area contributed by atoms with Crippen LogP contribution in [0.3, 0.4) is 0 Å². The summed E-state index contributed by atoms with van der Waals surface area (Å²) in [5, 5.41) is 2.70. The number of esters is 1. The van der Waals surface area contributed by atoms with E-state index in [0.717, 1.165) is 0 Å². The maximum absolute atomic E-state index is 13.2. The number of nitrogens with one attached hydrogen (secondary N) is 1. The Morgan fingerprint density at radius 3 is 2.68 bits per heavy atom. The summed E-state index contributed by atoms with van der Waals surface area (Å²) in [6.45, 7) is 0.798. The van der Waals surface area contributed by atoms with Crippen molar-refractivity contribution in [1.82, 2.24) is 10.2 Å². The van der Waals surface area contributed by atoms with Gasteiger partial charge in [-0.3, -0.25) is 14.4 Å². The number of para-hydroxylation sites is 1. The number of rotatable bonds is 8. The summed E-state index contributed by atoms with van der Waals surface area (Å²) < 4.78 is 16.7. The van der Waals surface area contributed by atoms with Gasteiger partial charge in [0.1, 0.15) is 30.8 Å². The summed E-state index contributed by atoms with van der Waals surface area (Å²) in [7, 11) is 1.47. The van der Waals surface area contributed by atoms with Crippen molar-refractivity contribution >= 4 is 33.7 Å². The third kappa shape index (κ3) is 5.97. The molecule has 2 aromatic carbocycles. The van der Waals surface area contributed by atoms with E-state index in [1.54, 1.807) is 30.3 Å². The van der Waals surface area contributed by atoms with E-state index < -0.39 is 23.8 Å². The van der Waals surface area contributed by atoms with Gasteiger partial charge in [0.2, 0.25) is 5.91 Å². The van der Waals surface area contributed by atoms with Crippen LogP contribution in [-0.2, 0) is 14.3 Å². The number of carbonyl (C=O) groups is 3. The molecule has 0 radical (unpaired) electrons. The van der Waals surface area contributed by atoms with E-state index in [9.17, 15) is 14.4 Å². The maximum Gasteiger partial charge on any atom is 0.308 e. The molecule has 0 aliphatic carbocycles. The number of hydrogen-bond acceptors (Lipinski definition) is 6. The summed E-state index contributed by atoms with van der Waals surface area (Å²) in [5.74, 6) is -0.314. The standard InChI is InChI=1S/C22H23BrN2O6/c1-29-19-8-7-15(23)13-17(19)22(28)25-10-9-24-21(27)18(25)14-20(26)31-12-11-30-16-5-3-2-4-6-16/h2-8,13,18H,9-12,14H2,1H3,(H,24,27). The zero-order chi connectivity index (χ0) is 22.2. The second-order valence-corrected chi connectivity index (χ2v) is 7.65. The summed E-state index contributed by atoms with van der Waals surface area (Å²) in [6, 6.07) is 13.2. The van der Waals surface area contributed by atoms with Crippen molar-refractivity contribution in [2.24, 2.45) is 0 Å².